The second-order valence-corrected chi connectivity index (χ2v) is 10.0. The Labute approximate surface area is 227 Å². The van der Waals surface area contributed by atoms with Crippen LogP contribution in [0.4, 0.5) is 19.3 Å². The van der Waals surface area contributed by atoms with Crippen LogP contribution in [0.1, 0.15) is 24.3 Å². The van der Waals surface area contributed by atoms with Gasteiger partial charge >= 0.3 is 6.03 Å². The minimum atomic E-state index is -0.617. The number of amides is 2. The van der Waals surface area contributed by atoms with E-state index in [4.69, 9.17) is 23.2 Å². The van der Waals surface area contributed by atoms with Crippen LogP contribution in [0.3, 0.4) is 0 Å². The normalized spacial score (nSPS) is 12.0. The van der Waals surface area contributed by atoms with Crippen molar-refractivity contribution in [3.63, 3.8) is 0 Å². The Morgan fingerprint density at radius 1 is 0.892 bits per heavy atom. The Morgan fingerprint density at radius 3 is 2.16 bits per heavy atom. The molecule has 2 amide bonds. The van der Waals surface area contributed by atoms with E-state index in [1.165, 1.54) is 12.1 Å². The molecule has 0 aromatic heterocycles. The summed E-state index contributed by atoms with van der Waals surface area (Å²) in [7, 11) is 4.10. The lowest BCUT2D eigenvalue weighted by atomic mass is 9.93. The molecule has 0 heterocycles. The third kappa shape index (κ3) is 9.93. The highest BCUT2D eigenvalue weighted by Crippen LogP contribution is 2.26. The molecule has 9 heteroatoms. The summed E-state index contributed by atoms with van der Waals surface area (Å²) in [5, 5.41) is 10.0. The Morgan fingerprint density at radius 2 is 1.54 bits per heavy atom. The maximum atomic E-state index is 13.7. The van der Waals surface area contributed by atoms with Crippen LogP contribution in [-0.2, 0) is 0 Å². The first-order valence-electron chi connectivity index (χ1n) is 12.1. The standard InChI is InChI=1S/C28H32Cl2F2N4O/c1-36(2)11-3-9-33-10-8-21(18-34-28(37)35-27-15-23(29)14-24(30)16-27)19-4-6-20(7-5-19)22-12-25(31)17-26(32)13-22/h4-7,12-17,21,33H,3,8-11,18H2,1-2H3,(H2,34,35,37). The van der Waals surface area contributed by atoms with E-state index in [1.54, 1.807) is 18.2 Å². The van der Waals surface area contributed by atoms with Crippen LogP contribution in [0.15, 0.2) is 60.7 Å². The molecule has 1 unspecified atom stereocenters. The number of urea groups is 1. The molecule has 3 N–H and O–H groups in total. The Hall–Kier alpha value is -2.71. The second kappa shape index (κ2) is 14.3. The molecule has 0 spiro atoms. The molecule has 0 aliphatic heterocycles. The van der Waals surface area contributed by atoms with Crippen molar-refractivity contribution in [2.75, 3.05) is 45.6 Å². The van der Waals surface area contributed by atoms with Crippen molar-refractivity contribution in [3.8, 4) is 11.1 Å². The maximum absolute atomic E-state index is 13.7. The fraction of sp³-hybridized carbons (Fsp3) is 0.321. The summed E-state index contributed by atoms with van der Waals surface area (Å²) in [6.07, 6.45) is 1.83. The van der Waals surface area contributed by atoms with Crippen molar-refractivity contribution in [3.05, 3.63) is 87.9 Å². The van der Waals surface area contributed by atoms with Gasteiger partial charge in [0.05, 0.1) is 0 Å². The molecule has 0 saturated carbocycles. The lowest BCUT2D eigenvalue weighted by molar-refractivity contribution is 0.251. The first-order valence-corrected chi connectivity index (χ1v) is 12.9. The Kier molecular flexibility index (Phi) is 11.1. The van der Waals surface area contributed by atoms with Gasteiger partial charge in [-0.15, -0.1) is 0 Å². The van der Waals surface area contributed by atoms with Gasteiger partial charge in [-0.1, -0.05) is 47.5 Å². The highest BCUT2D eigenvalue weighted by molar-refractivity contribution is 6.35. The van der Waals surface area contributed by atoms with Crippen LogP contribution in [0.25, 0.3) is 11.1 Å². The van der Waals surface area contributed by atoms with Crippen molar-refractivity contribution >= 4 is 34.9 Å². The van der Waals surface area contributed by atoms with Gasteiger partial charge in [0, 0.05) is 34.3 Å². The lowest BCUT2D eigenvalue weighted by Crippen LogP contribution is -2.33. The van der Waals surface area contributed by atoms with Crippen molar-refractivity contribution in [1.82, 2.24) is 15.5 Å². The predicted molar refractivity (Wildman–Crippen MR) is 149 cm³/mol. The van der Waals surface area contributed by atoms with Gasteiger partial charge in [-0.3, -0.25) is 0 Å². The summed E-state index contributed by atoms with van der Waals surface area (Å²) in [6, 6.07) is 15.5. The predicted octanol–water partition coefficient (Wildman–Crippen LogP) is 6.78. The molecule has 3 aromatic carbocycles. The van der Waals surface area contributed by atoms with Crippen LogP contribution >= 0.6 is 23.2 Å². The Balaban J connectivity index is 1.65. The SMILES string of the molecule is CN(C)CCCNCCC(CNC(=O)Nc1cc(Cl)cc(Cl)c1)c1ccc(-c2cc(F)cc(F)c2)cc1. The van der Waals surface area contributed by atoms with E-state index in [-0.39, 0.29) is 11.9 Å². The van der Waals surface area contributed by atoms with E-state index in [2.05, 4.69) is 20.9 Å². The van der Waals surface area contributed by atoms with Crippen molar-refractivity contribution in [1.29, 1.82) is 0 Å². The van der Waals surface area contributed by atoms with E-state index >= 15 is 0 Å². The summed E-state index contributed by atoms with van der Waals surface area (Å²) in [5.41, 5.74) is 2.70. The average molecular weight is 549 g/mol. The van der Waals surface area contributed by atoms with Gasteiger partial charge in [-0.2, -0.15) is 0 Å². The molecular formula is C28H32Cl2F2N4O. The third-order valence-corrected chi connectivity index (χ3v) is 6.27. The Bertz CT molecular complexity index is 1130. The van der Waals surface area contributed by atoms with Crippen LogP contribution in [0.5, 0.6) is 0 Å². The zero-order chi connectivity index (χ0) is 26.8. The number of anilines is 1. The summed E-state index contributed by atoms with van der Waals surface area (Å²) in [5.74, 6) is -1.21. The first kappa shape index (κ1) is 28.9. The van der Waals surface area contributed by atoms with Crippen molar-refractivity contribution < 1.29 is 13.6 Å². The first-order chi connectivity index (χ1) is 17.7. The highest BCUT2D eigenvalue weighted by Gasteiger charge is 2.14. The third-order valence-electron chi connectivity index (χ3n) is 5.84. The van der Waals surface area contributed by atoms with Crippen LogP contribution in [0, 0.1) is 11.6 Å². The molecule has 1 atom stereocenters. The molecule has 0 aliphatic rings. The number of halogens is 4. The highest BCUT2D eigenvalue weighted by atomic mass is 35.5. The minimum absolute atomic E-state index is 0.0216. The molecule has 37 heavy (non-hydrogen) atoms. The number of carbonyl (C=O) groups is 1. The number of carbonyl (C=O) groups excluding carboxylic acids is 1. The van der Waals surface area contributed by atoms with Gasteiger partial charge < -0.3 is 20.9 Å². The quantitative estimate of drug-likeness (QED) is 0.219. The van der Waals surface area contributed by atoms with E-state index in [9.17, 15) is 13.6 Å². The van der Waals surface area contributed by atoms with Gasteiger partial charge in [0.15, 0.2) is 0 Å². The largest absolute Gasteiger partial charge is 0.337 e. The molecule has 5 nitrogen and oxygen atoms in total. The number of rotatable bonds is 12. The molecule has 0 radical (unpaired) electrons. The fourth-order valence-electron chi connectivity index (χ4n) is 3.99. The van der Waals surface area contributed by atoms with Crippen LogP contribution in [0.2, 0.25) is 10.0 Å². The molecule has 0 saturated heterocycles. The molecule has 0 fully saturated rings. The second-order valence-electron chi connectivity index (χ2n) is 9.17. The molecular weight excluding hydrogens is 517 g/mol. The van der Waals surface area contributed by atoms with E-state index in [0.29, 0.717) is 33.4 Å². The minimum Gasteiger partial charge on any atom is -0.337 e. The summed E-state index contributed by atoms with van der Waals surface area (Å²) in [4.78, 5) is 14.7. The van der Waals surface area contributed by atoms with Gasteiger partial charge in [0.25, 0.3) is 0 Å². The summed E-state index contributed by atoms with van der Waals surface area (Å²) >= 11 is 12.0. The fourth-order valence-corrected chi connectivity index (χ4v) is 4.52. The van der Waals surface area contributed by atoms with Gasteiger partial charge in [0.1, 0.15) is 11.6 Å². The van der Waals surface area contributed by atoms with Crippen molar-refractivity contribution in [2.45, 2.75) is 18.8 Å². The van der Waals surface area contributed by atoms with Crippen LogP contribution < -0.4 is 16.0 Å². The topological polar surface area (TPSA) is 56.4 Å². The lowest BCUT2D eigenvalue weighted by Gasteiger charge is -2.20. The molecule has 0 bridgehead atoms. The van der Waals surface area contributed by atoms with E-state index < -0.39 is 11.6 Å². The van der Waals surface area contributed by atoms with Crippen molar-refractivity contribution in [2.24, 2.45) is 0 Å². The van der Waals surface area contributed by atoms with Gasteiger partial charge in [0.2, 0.25) is 0 Å². The molecule has 3 rings (SSSR count). The number of hydrogen-bond donors (Lipinski definition) is 3. The van der Waals surface area contributed by atoms with E-state index in [1.807, 2.05) is 38.4 Å². The number of nitrogens with one attached hydrogen (secondary N) is 3. The molecule has 0 aliphatic carbocycles. The monoisotopic (exact) mass is 548 g/mol. The van der Waals surface area contributed by atoms with E-state index in [0.717, 1.165) is 44.1 Å². The zero-order valence-electron chi connectivity index (χ0n) is 21.0. The smallest absolute Gasteiger partial charge is 0.319 e. The van der Waals surface area contributed by atoms with Gasteiger partial charge in [-0.25, -0.2) is 13.6 Å². The average Bonchev–Trinajstić information content (AvgIpc) is 2.82. The maximum Gasteiger partial charge on any atom is 0.319 e. The number of benzene rings is 3. The summed E-state index contributed by atoms with van der Waals surface area (Å²) < 4.78 is 27.3. The number of hydrogen-bond acceptors (Lipinski definition) is 3. The summed E-state index contributed by atoms with van der Waals surface area (Å²) in [6.45, 7) is 3.09. The zero-order valence-corrected chi connectivity index (χ0v) is 22.5. The van der Waals surface area contributed by atoms with Gasteiger partial charge in [-0.05, 0) is 93.6 Å². The molecule has 198 valence electrons. The van der Waals surface area contributed by atoms with Crippen LogP contribution in [-0.4, -0.2) is 51.2 Å². The molecule has 3 aromatic rings. The number of nitrogens with zero attached hydrogens (tertiary/aromatic N) is 1.